The minimum absolute atomic E-state index is 0.695. The van der Waals surface area contributed by atoms with Crippen molar-refractivity contribution >= 4 is 53.4 Å². The van der Waals surface area contributed by atoms with Gasteiger partial charge in [-0.25, -0.2) is 15.0 Å². The van der Waals surface area contributed by atoms with Crippen molar-refractivity contribution in [3.05, 3.63) is 170 Å². The Morgan fingerprint density at radius 2 is 1.00 bits per heavy atom. The third kappa shape index (κ3) is 4.71. The predicted molar refractivity (Wildman–Crippen MR) is 209 cm³/mol. The van der Waals surface area contributed by atoms with Crippen LogP contribution < -0.4 is 0 Å². The molecule has 0 spiro atoms. The molecule has 0 unspecified atom stereocenters. The Hall–Kier alpha value is -6.43. The van der Waals surface area contributed by atoms with Crippen molar-refractivity contribution in [2.45, 2.75) is 0 Å². The van der Waals surface area contributed by atoms with E-state index in [0.29, 0.717) is 5.82 Å². The number of fused-ring (bicyclic) bond motifs is 7. The fraction of sp³-hybridized carbons (Fsp3) is 0. The molecule has 4 heterocycles. The smallest absolute Gasteiger partial charge is 0.160 e. The Balaban J connectivity index is 1.16. The molecule has 0 saturated heterocycles. The van der Waals surface area contributed by atoms with E-state index in [2.05, 4.69) is 132 Å². The van der Waals surface area contributed by atoms with Gasteiger partial charge < -0.3 is 4.57 Å². The highest BCUT2D eigenvalue weighted by Crippen LogP contribution is 2.43. The highest BCUT2D eigenvalue weighted by molar-refractivity contribution is 7.26. The maximum Gasteiger partial charge on any atom is 0.160 e. The molecule has 0 aliphatic carbocycles. The number of nitrogens with zero attached hydrogens (tertiary/aromatic N) is 4. The van der Waals surface area contributed by atoms with Gasteiger partial charge in [-0.15, -0.1) is 11.3 Å². The largest absolute Gasteiger partial charge is 0.308 e. The Labute approximate surface area is 292 Å². The van der Waals surface area contributed by atoms with Crippen LogP contribution in [0.2, 0.25) is 0 Å². The third-order valence-corrected chi connectivity index (χ3v) is 10.6. The van der Waals surface area contributed by atoms with E-state index in [1.165, 1.54) is 25.6 Å². The standard InChI is InChI=1S/C45H28N4S/c1-4-12-29(13-5-1)36-25-27-40-43(46-36)42-39(26-24-35-34-18-10-11-19-41(34)50-44(35)42)49(40)33-22-20-32(21-23-33)45-47-37(30-14-6-2-7-15-30)28-38(48-45)31-16-8-3-9-17-31/h1-28H. The van der Waals surface area contributed by atoms with Gasteiger partial charge in [0.2, 0.25) is 0 Å². The first-order chi connectivity index (χ1) is 24.8. The highest BCUT2D eigenvalue weighted by Gasteiger charge is 2.20. The van der Waals surface area contributed by atoms with Crippen LogP contribution in [-0.4, -0.2) is 19.5 Å². The van der Waals surface area contributed by atoms with E-state index >= 15 is 0 Å². The highest BCUT2D eigenvalue weighted by atomic mass is 32.1. The van der Waals surface area contributed by atoms with Crippen molar-refractivity contribution in [1.82, 2.24) is 19.5 Å². The van der Waals surface area contributed by atoms with Gasteiger partial charge >= 0.3 is 0 Å². The Bertz CT molecular complexity index is 2780. The summed E-state index contributed by atoms with van der Waals surface area (Å²) in [5.41, 5.74) is 11.2. The second-order valence-electron chi connectivity index (χ2n) is 12.4. The molecule has 6 aromatic carbocycles. The summed E-state index contributed by atoms with van der Waals surface area (Å²) in [7, 11) is 0. The summed E-state index contributed by atoms with van der Waals surface area (Å²) in [5, 5.41) is 3.74. The van der Waals surface area contributed by atoms with Crippen molar-refractivity contribution in [2.24, 2.45) is 0 Å². The average Bonchev–Trinajstić information content (AvgIpc) is 3.74. The SMILES string of the molecule is c1ccc(-c2cc(-c3ccccc3)nc(-c3ccc(-n4c5ccc(-c6ccccc6)nc5c5c6sc7ccccc7c6ccc54)cc3)n2)cc1. The summed E-state index contributed by atoms with van der Waals surface area (Å²) in [6, 6.07) is 59.3. The zero-order valence-corrected chi connectivity index (χ0v) is 27.7. The van der Waals surface area contributed by atoms with Crippen LogP contribution >= 0.6 is 11.3 Å². The van der Waals surface area contributed by atoms with Gasteiger partial charge in [-0.05, 0) is 54.6 Å². The minimum Gasteiger partial charge on any atom is -0.308 e. The molecule has 0 aliphatic rings. The van der Waals surface area contributed by atoms with Crippen LogP contribution in [0.3, 0.4) is 0 Å². The van der Waals surface area contributed by atoms with Gasteiger partial charge in [-0.2, -0.15) is 0 Å². The molecule has 0 bridgehead atoms. The molecule has 0 fully saturated rings. The van der Waals surface area contributed by atoms with E-state index in [9.17, 15) is 0 Å². The Morgan fingerprint density at radius 3 is 1.66 bits per heavy atom. The molecule has 0 saturated carbocycles. The van der Waals surface area contributed by atoms with Crippen molar-refractivity contribution in [1.29, 1.82) is 0 Å². The van der Waals surface area contributed by atoms with E-state index in [4.69, 9.17) is 15.0 Å². The molecule has 4 aromatic heterocycles. The molecule has 4 nitrogen and oxygen atoms in total. The van der Waals surface area contributed by atoms with Gasteiger partial charge in [0.1, 0.15) is 0 Å². The zero-order valence-electron chi connectivity index (χ0n) is 26.9. The second kappa shape index (κ2) is 11.6. The third-order valence-electron chi connectivity index (χ3n) is 9.44. The number of thiophene rings is 1. The van der Waals surface area contributed by atoms with Gasteiger partial charge in [-0.1, -0.05) is 115 Å². The van der Waals surface area contributed by atoms with Crippen molar-refractivity contribution in [3.8, 4) is 50.8 Å². The lowest BCUT2D eigenvalue weighted by Gasteiger charge is -2.11. The lowest BCUT2D eigenvalue weighted by Crippen LogP contribution is -1.97. The summed E-state index contributed by atoms with van der Waals surface area (Å²) >= 11 is 1.84. The summed E-state index contributed by atoms with van der Waals surface area (Å²) < 4.78 is 4.89. The van der Waals surface area contributed by atoms with Crippen molar-refractivity contribution in [2.75, 3.05) is 0 Å². The molecule has 0 atom stereocenters. The molecule has 10 rings (SSSR count). The first-order valence-corrected chi connectivity index (χ1v) is 17.5. The van der Waals surface area contributed by atoms with Gasteiger partial charge in [0.25, 0.3) is 0 Å². The number of rotatable bonds is 5. The fourth-order valence-electron chi connectivity index (χ4n) is 7.04. The first-order valence-electron chi connectivity index (χ1n) is 16.7. The van der Waals surface area contributed by atoms with Crippen LogP contribution in [0.15, 0.2) is 170 Å². The summed E-state index contributed by atoms with van der Waals surface area (Å²) in [6.07, 6.45) is 0. The number of pyridine rings is 1. The number of aromatic nitrogens is 4. The van der Waals surface area contributed by atoms with Gasteiger partial charge in [-0.3, -0.25) is 0 Å². The molecule has 0 amide bonds. The van der Waals surface area contributed by atoms with Gasteiger partial charge in [0, 0.05) is 53.5 Å². The van der Waals surface area contributed by atoms with Gasteiger partial charge in [0.15, 0.2) is 5.82 Å². The van der Waals surface area contributed by atoms with Crippen LogP contribution in [0.4, 0.5) is 0 Å². The molecular weight excluding hydrogens is 629 g/mol. The maximum absolute atomic E-state index is 5.35. The average molecular weight is 657 g/mol. The van der Waals surface area contributed by atoms with Gasteiger partial charge in [0.05, 0.1) is 33.6 Å². The maximum atomic E-state index is 5.35. The van der Waals surface area contributed by atoms with E-state index in [1.807, 2.05) is 53.8 Å². The molecule has 10 aromatic rings. The first kappa shape index (κ1) is 28.6. The van der Waals surface area contributed by atoms with Crippen molar-refractivity contribution < 1.29 is 0 Å². The Kier molecular flexibility index (Phi) is 6.64. The van der Waals surface area contributed by atoms with Crippen LogP contribution in [0, 0.1) is 0 Å². The summed E-state index contributed by atoms with van der Waals surface area (Å²) in [6.45, 7) is 0. The summed E-state index contributed by atoms with van der Waals surface area (Å²) in [4.78, 5) is 15.5. The molecular formula is C45H28N4S. The lowest BCUT2D eigenvalue weighted by atomic mass is 10.1. The Morgan fingerprint density at radius 1 is 0.420 bits per heavy atom. The molecule has 0 N–H and O–H groups in total. The molecule has 5 heteroatoms. The molecule has 50 heavy (non-hydrogen) atoms. The zero-order chi connectivity index (χ0) is 33.0. The molecule has 0 aliphatic heterocycles. The monoisotopic (exact) mass is 656 g/mol. The number of hydrogen-bond donors (Lipinski definition) is 0. The molecule has 234 valence electrons. The van der Waals surface area contributed by atoms with Crippen LogP contribution in [0.1, 0.15) is 0 Å². The van der Waals surface area contributed by atoms with Crippen LogP contribution in [-0.2, 0) is 0 Å². The number of benzene rings is 6. The van der Waals surface area contributed by atoms with Crippen LogP contribution in [0.25, 0.3) is 93.0 Å². The van der Waals surface area contributed by atoms with E-state index in [0.717, 1.165) is 61.6 Å². The topological polar surface area (TPSA) is 43.6 Å². The second-order valence-corrected chi connectivity index (χ2v) is 13.5. The van der Waals surface area contributed by atoms with E-state index < -0.39 is 0 Å². The minimum atomic E-state index is 0.695. The molecule has 0 radical (unpaired) electrons. The normalized spacial score (nSPS) is 11.6. The summed E-state index contributed by atoms with van der Waals surface area (Å²) in [5.74, 6) is 0.695. The van der Waals surface area contributed by atoms with E-state index in [1.54, 1.807) is 0 Å². The fourth-order valence-corrected chi connectivity index (χ4v) is 8.28. The van der Waals surface area contributed by atoms with E-state index in [-0.39, 0.29) is 0 Å². The predicted octanol–water partition coefficient (Wildman–Crippen LogP) is 12.0. The van der Waals surface area contributed by atoms with Crippen molar-refractivity contribution in [3.63, 3.8) is 0 Å². The number of hydrogen-bond acceptors (Lipinski definition) is 4. The van der Waals surface area contributed by atoms with Crippen LogP contribution in [0.5, 0.6) is 0 Å². The lowest BCUT2D eigenvalue weighted by molar-refractivity contribution is 1.16. The quantitative estimate of drug-likeness (QED) is 0.185.